The van der Waals surface area contributed by atoms with Gasteiger partial charge in [-0.15, -0.1) is 11.8 Å². The Balaban J connectivity index is 1.32. The lowest BCUT2D eigenvalue weighted by Gasteiger charge is -2.19. The summed E-state index contributed by atoms with van der Waals surface area (Å²) in [6.07, 6.45) is 2.94. The summed E-state index contributed by atoms with van der Waals surface area (Å²) in [6.45, 7) is 1.86. The molecule has 0 saturated carbocycles. The normalized spacial score (nSPS) is 11.8. The summed E-state index contributed by atoms with van der Waals surface area (Å²) in [7, 11) is 1.52. The van der Waals surface area contributed by atoms with E-state index >= 15 is 0 Å². The minimum absolute atomic E-state index is 0.0101. The van der Waals surface area contributed by atoms with Gasteiger partial charge >= 0.3 is 0 Å². The summed E-state index contributed by atoms with van der Waals surface area (Å²) in [6, 6.07) is 32.0. The molecule has 46 heavy (non-hydrogen) atoms. The number of amides is 3. The number of hydrogen-bond acceptors (Lipinski definition) is 6. The van der Waals surface area contributed by atoms with Crippen molar-refractivity contribution in [2.75, 3.05) is 17.7 Å². The van der Waals surface area contributed by atoms with Crippen molar-refractivity contribution in [3.05, 3.63) is 149 Å². The van der Waals surface area contributed by atoms with Crippen molar-refractivity contribution >= 4 is 58.5 Å². The summed E-state index contributed by atoms with van der Waals surface area (Å²) >= 11 is 7.62. The van der Waals surface area contributed by atoms with E-state index in [0.717, 1.165) is 16.0 Å². The van der Waals surface area contributed by atoms with Crippen LogP contribution in [0.2, 0.25) is 5.02 Å². The molecule has 232 valence electrons. The molecule has 0 fully saturated rings. The summed E-state index contributed by atoms with van der Waals surface area (Å²) in [5, 5.41) is 8.44. The van der Waals surface area contributed by atoms with Gasteiger partial charge in [0.1, 0.15) is 22.5 Å². The third-order valence-corrected chi connectivity index (χ3v) is 8.48. The van der Waals surface area contributed by atoms with Crippen molar-refractivity contribution in [3.8, 4) is 5.75 Å². The Morgan fingerprint density at radius 3 is 2.22 bits per heavy atom. The largest absolute Gasteiger partial charge is 0.495 e. The van der Waals surface area contributed by atoms with Gasteiger partial charge in [-0.2, -0.15) is 0 Å². The number of aryl methyl sites for hydroxylation is 1. The number of furan rings is 1. The van der Waals surface area contributed by atoms with Gasteiger partial charge in [0.15, 0.2) is 0 Å². The highest BCUT2D eigenvalue weighted by atomic mass is 35.5. The van der Waals surface area contributed by atoms with Crippen LogP contribution in [0.3, 0.4) is 0 Å². The van der Waals surface area contributed by atoms with Gasteiger partial charge in [-0.05, 0) is 72.6 Å². The Morgan fingerprint density at radius 2 is 1.57 bits per heavy atom. The molecule has 1 atom stereocenters. The molecular weight excluding hydrogens is 622 g/mol. The first-order valence-electron chi connectivity index (χ1n) is 14.2. The first-order chi connectivity index (χ1) is 22.3. The molecule has 0 aliphatic rings. The van der Waals surface area contributed by atoms with Crippen molar-refractivity contribution in [1.29, 1.82) is 0 Å². The minimum atomic E-state index is -0.599. The Hall–Kier alpha value is -5.25. The van der Waals surface area contributed by atoms with Gasteiger partial charge in [0.25, 0.3) is 11.8 Å². The maximum absolute atomic E-state index is 13.7. The standard InChI is InChI=1S/C36H30ClN3O5S/c1-23-20-30(32(44-2)22-29(23)37)39-36(43)33(24-10-5-3-6-11-24)46-28-17-15-26(16-18-28)38-35(42)31(21-27-14-9-19-45-27)40-34(41)25-12-7-4-8-13-25/h3-22,33H,1-2H3,(H,38,42)(H,39,43)(H,40,41)/b31-21-. The molecule has 3 amide bonds. The fourth-order valence-electron chi connectivity index (χ4n) is 4.44. The molecule has 0 radical (unpaired) electrons. The highest BCUT2D eigenvalue weighted by molar-refractivity contribution is 8.00. The Labute approximate surface area is 275 Å². The van der Waals surface area contributed by atoms with Crippen molar-refractivity contribution in [1.82, 2.24) is 5.32 Å². The number of anilines is 2. The van der Waals surface area contributed by atoms with E-state index in [-0.39, 0.29) is 11.6 Å². The lowest BCUT2D eigenvalue weighted by Crippen LogP contribution is -2.30. The Bertz CT molecular complexity index is 1840. The van der Waals surface area contributed by atoms with Crippen LogP contribution in [0.4, 0.5) is 11.4 Å². The van der Waals surface area contributed by atoms with Crippen LogP contribution in [0.25, 0.3) is 6.08 Å². The van der Waals surface area contributed by atoms with E-state index in [1.165, 1.54) is 31.2 Å². The molecule has 1 aromatic heterocycles. The SMILES string of the molecule is COc1cc(Cl)c(C)cc1NC(=O)C(Sc1ccc(NC(=O)/C(=C/c2ccco2)NC(=O)c2ccccc2)cc1)c1ccccc1. The molecule has 3 N–H and O–H groups in total. The van der Waals surface area contributed by atoms with Crippen LogP contribution >= 0.6 is 23.4 Å². The van der Waals surface area contributed by atoms with Crippen molar-refractivity contribution in [2.45, 2.75) is 17.1 Å². The number of ether oxygens (including phenoxy) is 1. The lowest BCUT2D eigenvalue weighted by molar-refractivity contribution is -0.116. The predicted molar refractivity (Wildman–Crippen MR) is 182 cm³/mol. The molecule has 0 saturated heterocycles. The molecule has 0 spiro atoms. The van der Waals surface area contributed by atoms with Gasteiger partial charge in [-0.3, -0.25) is 14.4 Å². The van der Waals surface area contributed by atoms with Gasteiger partial charge in [0, 0.05) is 33.3 Å². The van der Waals surface area contributed by atoms with E-state index in [1.54, 1.807) is 66.7 Å². The van der Waals surface area contributed by atoms with Gasteiger partial charge in [-0.25, -0.2) is 0 Å². The second kappa shape index (κ2) is 15.2. The zero-order chi connectivity index (χ0) is 32.5. The van der Waals surface area contributed by atoms with Crippen LogP contribution in [0.5, 0.6) is 5.75 Å². The summed E-state index contributed by atoms with van der Waals surface area (Å²) < 4.78 is 10.8. The minimum Gasteiger partial charge on any atom is -0.495 e. The Kier molecular flexibility index (Phi) is 10.6. The third-order valence-electron chi connectivity index (χ3n) is 6.80. The first kappa shape index (κ1) is 32.2. The number of methoxy groups -OCH3 is 1. The molecule has 5 rings (SSSR count). The van der Waals surface area contributed by atoms with E-state index < -0.39 is 17.1 Å². The number of thioether (sulfide) groups is 1. The zero-order valence-corrected chi connectivity index (χ0v) is 26.5. The summed E-state index contributed by atoms with van der Waals surface area (Å²) in [4.78, 5) is 40.6. The molecule has 4 aromatic carbocycles. The van der Waals surface area contributed by atoms with E-state index in [9.17, 15) is 14.4 Å². The summed E-state index contributed by atoms with van der Waals surface area (Å²) in [5.41, 5.74) is 3.05. The zero-order valence-electron chi connectivity index (χ0n) is 25.0. The van der Waals surface area contributed by atoms with Gasteiger partial charge in [0.2, 0.25) is 5.91 Å². The monoisotopic (exact) mass is 651 g/mol. The molecular formula is C36H30ClN3O5S. The Morgan fingerprint density at radius 1 is 0.870 bits per heavy atom. The molecule has 1 heterocycles. The lowest BCUT2D eigenvalue weighted by atomic mass is 10.1. The second-order valence-electron chi connectivity index (χ2n) is 10.1. The number of hydrogen-bond donors (Lipinski definition) is 3. The van der Waals surface area contributed by atoms with Crippen LogP contribution < -0.4 is 20.7 Å². The van der Waals surface area contributed by atoms with E-state index in [0.29, 0.717) is 33.5 Å². The third kappa shape index (κ3) is 8.26. The van der Waals surface area contributed by atoms with Gasteiger partial charge < -0.3 is 25.1 Å². The molecule has 0 aliphatic carbocycles. The van der Waals surface area contributed by atoms with Crippen molar-refractivity contribution < 1.29 is 23.5 Å². The molecule has 1 unspecified atom stereocenters. The fraction of sp³-hybridized carbons (Fsp3) is 0.0833. The topological polar surface area (TPSA) is 110 Å². The van der Waals surface area contributed by atoms with Gasteiger partial charge in [0.05, 0.1) is 19.1 Å². The van der Waals surface area contributed by atoms with Crippen LogP contribution in [0.15, 0.2) is 130 Å². The average Bonchev–Trinajstić information content (AvgIpc) is 3.59. The number of halogens is 1. The van der Waals surface area contributed by atoms with Crippen LogP contribution in [-0.2, 0) is 9.59 Å². The smallest absolute Gasteiger partial charge is 0.272 e. The fourth-order valence-corrected chi connectivity index (χ4v) is 5.62. The highest BCUT2D eigenvalue weighted by Crippen LogP contribution is 2.38. The summed E-state index contributed by atoms with van der Waals surface area (Å²) in [5.74, 6) is -0.342. The van der Waals surface area contributed by atoms with Crippen LogP contribution in [0, 0.1) is 6.92 Å². The number of rotatable bonds is 11. The number of carbonyl (C=O) groups is 3. The predicted octanol–water partition coefficient (Wildman–Crippen LogP) is 8.13. The quantitative estimate of drug-likeness (QED) is 0.0983. The van der Waals surface area contributed by atoms with E-state index in [4.69, 9.17) is 20.8 Å². The molecule has 0 aliphatic heterocycles. The molecule has 8 nitrogen and oxygen atoms in total. The first-order valence-corrected chi connectivity index (χ1v) is 15.5. The van der Waals surface area contributed by atoms with Crippen LogP contribution in [-0.4, -0.2) is 24.8 Å². The number of nitrogens with one attached hydrogen (secondary N) is 3. The van der Waals surface area contributed by atoms with Gasteiger partial charge in [-0.1, -0.05) is 60.1 Å². The molecule has 5 aromatic rings. The van der Waals surface area contributed by atoms with Crippen molar-refractivity contribution in [2.24, 2.45) is 0 Å². The number of carbonyl (C=O) groups excluding carboxylic acids is 3. The van der Waals surface area contributed by atoms with Crippen LogP contribution in [0.1, 0.15) is 32.5 Å². The maximum Gasteiger partial charge on any atom is 0.272 e. The highest BCUT2D eigenvalue weighted by Gasteiger charge is 2.24. The second-order valence-corrected chi connectivity index (χ2v) is 11.7. The van der Waals surface area contributed by atoms with Crippen molar-refractivity contribution in [3.63, 3.8) is 0 Å². The maximum atomic E-state index is 13.7. The van der Waals surface area contributed by atoms with E-state index in [2.05, 4.69) is 16.0 Å². The molecule has 0 bridgehead atoms. The van der Waals surface area contributed by atoms with E-state index in [1.807, 2.05) is 49.4 Å². The number of benzene rings is 4. The molecule has 10 heteroatoms. The average molecular weight is 652 g/mol.